The third-order valence-corrected chi connectivity index (χ3v) is 2.57. The molecule has 0 aromatic carbocycles. The molecule has 0 bridgehead atoms. The summed E-state index contributed by atoms with van der Waals surface area (Å²) in [6.07, 6.45) is -3.77. The molecule has 0 aromatic rings. The topological polar surface area (TPSA) is 64.7 Å². The molecule has 2 aliphatic rings. The molecule has 4 nitrogen and oxygen atoms in total. The second-order valence-electron chi connectivity index (χ2n) is 4.08. The zero-order valence-electron chi connectivity index (χ0n) is 7.61. The highest BCUT2D eigenvalue weighted by atomic mass is 19.1. The standard InChI is InChI=1S/C8H14FNO3/c1-8(2)12-6-4(10)3(9)5(11)7(6)13-8/h3-7,11H,10H2,1-2H3/t3-,4+,5-,6-,7+/m0/s1. The predicted octanol–water partition coefficient (Wildman–Crippen LogP) is -0.454. The predicted molar refractivity (Wildman–Crippen MR) is 42.7 cm³/mol. The summed E-state index contributed by atoms with van der Waals surface area (Å²) in [7, 11) is 0. The monoisotopic (exact) mass is 191 g/mol. The van der Waals surface area contributed by atoms with E-state index in [1.54, 1.807) is 13.8 Å². The Hall–Kier alpha value is -0.230. The van der Waals surface area contributed by atoms with Crippen LogP contribution in [0.25, 0.3) is 0 Å². The first-order valence-electron chi connectivity index (χ1n) is 4.36. The number of rotatable bonds is 0. The smallest absolute Gasteiger partial charge is 0.163 e. The normalized spacial score (nSPS) is 53.8. The molecule has 5 atom stereocenters. The van der Waals surface area contributed by atoms with Gasteiger partial charge in [0.25, 0.3) is 0 Å². The van der Waals surface area contributed by atoms with Gasteiger partial charge < -0.3 is 20.3 Å². The molecule has 1 saturated heterocycles. The Balaban J connectivity index is 2.18. The van der Waals surface area contributed by atoms with Crippen LogP contribution in [-0.2, 0) is 9.47 Å². The molecule has 1 aliphatic carbocycles. The summed E-state index contributed by atoms with van der Waals surface area (Å²) >= 11 is 0. The van der Waals surface area contributed by atoms with E-state index in [1.165, 1.54) is 0 Å². The first kappa shape index (κ1) is 9.33. The summed E-state index contributed by atoms with van der Waals surface area (Å²) in [5, 5.41) is 9.41. The van der Waals surface area contributed by atoms with Crippen LogP contribution < -0.4 is 5.73 Å². The van der Waals surface area contributed by atoms with Crippen LogP contribution in [-0.4, -0.2) is 41.4 Å². The zero-order chi connectivity index (χ0) is 9.80. The van der Waals surface area contributed by atoms with Crippen LogP contribution in [0.5, 0.6) is 0 Å². The molecule has 3 N–H and O–H groups in total. The fourth-order valence-electron chi connectivity index (χ4n) is 1.97. The molecular weight excluding hydrogens is 177 g/mol. The van der Waals surface area contributed by atoms with Crippen LogP contribution in [0.3, 0.4) is 0 Å². The highest BCUT2D eigenvalue weighted by molar-refractivity contribution is 5.06. The summed E-state index contributed by atoms with van der Waals surface area (Å²) in [4.78, 5) is 0. The third-order valence-electron chi connectivity index (χ3n) is 2.57. The van der Waals surface area contributed by atoms with E-state index in [4.69, 9.17) is 15.2 Å². The number of alkyl halides is 1. The summed E-state index contributed by atoms with van der Waals surface area (Å²) in [5.74, 6) is -0.770. The van der Waals surface area contributed by atoms with E-state index in [-0.39, 0.29) is 0 Å². The molecule has 0 aromatic heterocycles. The summed E-state index contributed by atoms with van der Waals surface area (Å²) in [5.41, 5.74) is 5.53. The van der Waals surface area contributed by atoms with Gasteiger partial charge in [-0.25, -0.2) is 4.39 Å². The van der Waals surface area contributed by atoms with Crippen molar-refractivity contribution >= 4 is 0 Å². The van der Waals surface area contributed by atoms with Gasteiger partial charge in [-0.05, 0) is 13.8 Å². The Morgan fingerprint density at radius 3 is 2.38 bits per heavy atom. The van der Waals surface area contributed by atoms with Gasteiger partial charge in [0.2, 0.25) is 0 Å². The summed E-state index contributed by atoms with van der Waals surface area (Å²) < 4.78 is 23.9. The van der Waals surface area contributed by atoms with Gasteiger partial charge in [-0.3, -0.25) is 0 Å². The van der Waals surface area contributed by atoms with Gasteiger partial charge in [-0.15, -0.1) is 0 Å². The van der Waals surface area contributed by atoms with Crippen molar-refractivity contribution in [3.8, 4) is 0 Å². The van der Waals surface area contributed by atoms with Crippen LogP contribution in [0.15, 0.2) is 0 Å². The number of aliphatic hydroxyl groups is 1. The first-order valence-corrected chi connectivity index (χ1v) is 4.36. The molecule has 0 amide bonds. The molecule has 76 valence electrons. The minimum absolute atomic E-state index is 0.528. The fraction of sp³-hybridized carbons (Fsp3) is 1.00. The van der Waals surface area contributed by atoms with E-state index >= 15 is 0 Å². The van der Waals surface area contributed by atoms with Crippen molar-refractivity contribution in [2.24, 2.45) is 5.73 Å². The van der Waals surface area contributed by atoms with Crippen molar-refractivity contribution < 1.29 is 19.0 Å². The second-order valence-corrected chi connectivity index (χ2v) is 4.08. The van der Waals surface area contributed by atoms with Crippen molar-refractivity contribution in [2.75, 3.05) is 0 Å². The van der Waals surface area contributed by atoms with E-state index in [9.17, 15) is 9.50 Å². The number of nitrogens with two attached hydrogens (primary N) is 1. The average molecular weight is 191 g/mol. The highest BCUT2D eigenvalue weighted by Crippen LogP contribution is 2.38. The molecule has 1 heterocycles. The van der Waals surface area contributed by atoms with Gasteiger partial charge in [-0.1, -0.05) is 0 Å². The second kappa shape index (κ2) is 2.63. The van der Waals surface area contributed by atoms with Crippen molar-refractivity contribution in [3.63, 3.8) is 0 Å². The maximum atomic E-state index is 13.1. The first-order chi connectivity index (χ1) is 5.92. The summed E-state index contributed by atoms with van der Waals surface area (Å²) in [6, 6.07) is -0.790. The largest absolute Gasteiger partial charge is 0.387 e. The molecule has 5 heteroatoms. The lowest BCUT2D eigenvalue weighted by atomic mass is 10.2. The Morgan fingerprint density at radius 2 is 1.85 bits per heavy atom. The molecule has 0 unspecified atom stereocenters. The molecule has 2 fully saturated rings. The lowest BCUT2D eigenvalue weighted by Gasteiger charge is -2.22. The Kier molecular flexibility index (Phi) is 1.89. The average Bonchev–Trinajstić information content (AvgIpc) is 2.44. The molecular formula is C8H14FNO3. The molecule has 1 saturated carbocycles. The summed E-state index contributed by atoms with van der Waals surface area (Å²) in [6.45, 7) is 3.44. The van der Waals surface area contributed by atoms with Crippen molar-refractivity contribution in [1.82, 2.24) is 0 Å². The van der Waals surface area contributed by atoms with E-state index in [2.05, 4.69) is 0 Å². The van der Waals surface area contributed by atoms with Gasteiger partial charge in [0, 0.05) is 0 Å². The third kappa shape index (κ3) is 1.27. The number of halogens is 1. The van der Waals surface area contributed by atoms with Crippen LogP contribution in [0, 0.1) is 0 Å². The zero-order valence-corrected chi connectivity index (χ0v) is 7.61. The van der Waals surface area contributed by atoms with Crippen molar-refractivity contribution in [3.05, 3.63) is 0 Å². The molecule has 13 heavy (non-hydrogen) atoms. The quantitative estimate of drug-likeness (QED) is 0.544. The van der Waals surface area contributed by atoms with E-state index in [0.717, 1.165) is 0 Å². The van der Waals surface area contributed by atoms with E-state index < -0.39 is 36.3 Å². The van der Waals surface area contributed by atoms with Crippen LogP contribution in [0.4, 0.5) is 4.39 Å². The number of hydrogen-bond acceptors (Lipinski definition) is 4. The number of aliphatic hydroxyl groups excluding tert-OH is 1. The number of fused-ring (bicyclic) bond motifs is 1. The maximum absolute atomic E-state index is 13.1. The molecule has 0 spiro atoms. The van der Waals surface area contributed by atoms with Gasteiger partial charge >= 0.3 is 0 Å². The minimum atomic E-state index is -1.45. The Morgan fingerprint density at radius 1 is 1.31 bits per heavy atom. The van der Waals surface area contributed by atoms with Crippen LogP contribution in [0.1, 0.15) is 13.8 Å². The number of ether oxygens (including phenoxy) is 2. The lowest BCUT2D eigenvalue weighted by Crippen LogP contribution is -2.40. The molecule has 2 rings (SSSR count). The lowest BCUT2D eigenvalue weighted by molar-refractivity contribution is -0.170. The van der Waals surface area contributed by atoms with Crippen molar-refractivity contribution in [1.29, 1.82) is 0 Å². The SMILES string of the molecule is CC1(C)O[C@@H]2[C@@H](O)[C@@H](F)[C@@H](N)[C@@H]2O1. The molecule has 1 aliphatic heterocycles. The minimum Gasteiger partial charge on any atom is -0.387 e. The van der Waals surface area contributed by atoms with Gasteiger partial charge in [-0.2, -0.15) is 0 Å². The van der Waals surface area contributed by atoms with Gasteiger partial charge in [0.05, 0.1) is 6.04 Å². The maximum Gasteiger partial charge on any atom is 0.163 e. The van der Waals surface area contributed by atoms with Gasteiger partial charge in [0.1, 0.15) is 24.5 Å². The number of hydrogen-bond donors (Lipinski definition) is 2. The Labute approximate surface area is 75.8 Å². The van der Waals surface area contributed by atoms with E-state index in [1.807, 2.05) is 0 Å². The highest BCUT2D eigenvalue weighted by Gasteiger charge is 2.57. The van der Waals surface area contributed by atoms with E-state index in [0.29, 0.717) is 0 Å². The fourth-order valence-corrected chi connectivity index (χ4v) is 1.97. The van der Waals surface area contributed by atoms with Gasteiger partial charge in [0.15, 0.2) is 5.79 Å². The van der Waals surface area contributed by atoms with Crippen LogP contribution in [0.2, 0.25) is 0 Å². The Bertz CT molecular complexity index is 203. The van der Waals surface area contributed by atoms with Crippen molar-refractivity contribution in [2.45, 2.75) is 50.2 Å². The van der Waals surface area contributed by atoms with Crippen LogP contribution >= 0.6 is 0 Å². The molecule has 0 radical (unpaired) electrons.